The lowest BCUT2D eigenvalue weighted by Crippen LogP contribution is -2.14. The van der Waals surface area contributed by atoms with Gasteiger partial charge < -0.3 is 4.42 Å². The summed E-state index contributed by atoms with van der Waals surface area (Å²) in [5.41, 5.74) is 0.765. The Labute approximate surface area is 118 Å². The molecule has 1 fully saturated rings. The third-order valence-corrected chi connectivity index (χ3v) is 3.76. The fourth-order valence-corrected chi connectivity index (χ4v) is 2.67. The molecule has 0 amide bonds. The highest BCUT2D eigenvalue weighted by Crippen LogP contribution is 2.27. The molecule has 0 N–H and O–H groups in total. The van der Waals surface area contributed by atoms with Crippen molar-refractivity contribution in [2.45, 2.75) is 32.1 Å². The molecule has 1 aliphatic rings. The Kier molecular flexibility index (Phi) is 3.81. The van der Waals surface area contributed by atoms with Crippen LogP contribution in [0, 0.1) is 5.92 Å². The molecule has 104 valence electrons. The van der Waals surface area contributed by atoms with Crippen LogP contribution >= 0.6 is 0 Å². The summed E-state index contributed by atoms with van der Waals surface area (Å²) in [6.45, 7) is 0. The number of nitrogens with zero attached hydrogens (tertiary/aromatic N) is 2. The molecule has 2 heterocycles. The largest absolute Gasteiger partial charge is 0.465 e. The third-order valence-electron chi connectivity index (χ3n) is 3.76. The lowest BCUT2D eigenvalue weighted by molar-refractivity contribution is 0.0864. The van der Waals surface area contributed by atoms with Gasteiger partial charge in [-0.2, -0.15) is 5.10 Å². The number of rotatable bonds is 4. The molecule has 0 bridgehead atoms. The highest BCUT2D eigenvalue weighted by molar-refractivity contribution is 5.78. The molecule has 0 unspecified atom stereocenters. The zero-order valence-corrected chi connectivity index (χ0v) is 11.4. The van der Waals surface area contributed by atoms with Crippen molar-refractivity contribution in [1.29, 1.82) is 0 Å². The quantitative estimate of drug-likeness (QED) is 0.847. The van der Waals surface area contributed by atoms with E-state index >= 15 is 0 Å². The summed E-state index contributed by atoms with van der Waals surface area (Å²) < 4.78 is 6.67. The van der Waals surface area contributed by atoms with E-state index < -0.39 is 0 Å². The minimum Gasteiger partial charge on any atom is -0.465 e. The van der Waals surface area contributed by atoms with E-state index in [4.69, 9.17) is 4.42 Å². The number of carbonyl (C=O) groups excluding carboxylic acids is 1. The normalized spacial score (nSPS) is 16.2. The van der Waals surface area contributed by atoms with Gasteiger partial charge in [0.2, 0.25) is 5.91 Å². The molecule has 1 aliphatic carbocycles. The van der Waals surface area contributed by atoms with Crippen LogP contribution in [0.25, 0.3) is 12.2 Å². The second-order valence-electron chi connectivity index (χ2n) is 5.28. The molecule has 0 spiro atoms. The van der Waals surface area contributed by atoms with Gasteiger partial charge in [-0.3, -0.25) is 4.79 Å². The Morgan fingerprint density at radius 2 is 2.20 bits per heavy atom. The van der Waals surface area contributed by atoms with Crippen molar-refractivity contribution in [3.63, 3.8) is 0 Å². The number of hydrogen-bond acceptors (Lipinski definition) is 3. The van der Waals surface area contributed by atoms with Crippen LogP contribution in [-0.4, -0.2) is 15.7 Å². The van der Waals surface area contributed by atoms with Gasteiger partial charge in [0.1, 0.15) is 5.76 Å². The van der Waals surface area contributed by atoms with Crippen LogP contribution in [0.4, 0.5) is 0 Å². The first kappa shape index (κ1) is 12.9. The lowest BCUT2D eigenvalue weighted by atomic mass is 10.0. The fourth-order valence-electron chi connectivity index (χ4n) is 2.67. The van der Waals surface area contributed by atoms with Crippen molar-refractivity contribution in [3.05, 3.63) is 42.1 Å². The molecule has 0 radical (unpaired) electrons. The predicted octanol–water partition coefficient (Wildman–Crippen LogP) is 3.87. The van der Waals surface area contributed by atoms with Crippen LogP contribution in [0.3, 0.4) is 0 Å². The molecule has 0 aromatic carbocycles. The van der Waals surface area contributed by atoms with Crippen LogP contribution in [0.5, 0.6) is 0 Å². The molecule has 2 aromatic heterocycles. The maximum Gasteiger partial charge on any atom is 0.247 e. The van der Waals surface area contributed by atoms with E-state index in [1.54, 1.807) is 12.5 Å². The summed E-state index contributed by atoms with van der Waals surface area (Å²) in [4.78, 5) is 12.1. The van der Waals surface area contributed by atoms with Gasteiger partial charge in [-0.1, -0.05) is 12.8 Å². The highest BCUT2D eigenvalue weighted by atomic mass is 16.3. The molecule has 1 saturated carbocycles. The van der Waals surface area contributed by atoms with Gasteiger partial charge in [0.15, 0.2) is 0 Å². The van der Waals surface area contributed by atoms with E-state index in [2.05, 4.69) is 5.10 Å². The van der Waals surface area contributed by atoms with Gasteiger partial charge in [-0.05, 0) is 49.1 Å². The molecular weight excluding hydrogens is 252 g/mol. The summed E-state index contributed by atoms with van der Waals surface area (Å²) in [7, 11) is 0. The molecule has 0 atom stereocenters. The molecule has 0 saturated heterocycles. The molecule has 2 aromatic rings. The maximum absolute atomic E-state index is 12.1. The Hall–Kier alpha value is -2.10. The number of furan rings is 1. The van der Waals surface area contributed by atoms with Gasteiger partial charge in [0.05, 0.1) is 12.0 Å². The summed E-state index contributed by atoms with van der Waals surface area (Å²) >= 11 is 0. The van der Waals surface area contributed by atoms with Crippen LogP contribution in [0.1, 0.15) is 48.4 Å². The van der Waals surface area contributed by atoms with Crippen molar-refractivity contribution >= 4 is 18.1 Å². The Morgan fingerprint density at radius 3 is 2.95 bits per heavy atom. The van der Waals surface area contributed by atoms with E-state index in [9.17, 15) is 4.79 Å². The van der Waals surface area contributed by atoms with E-state index in [0.717, 1.165) is 11.5 Å². The minimum atomic E-state index is 0.0922. The summed E-state index contributed by atoms with van der Waals surface area (Å²) in [5.74, 6) is 1.42. The van der Waals surface area contributed by atoms with E-state index in [0.29, 0.717) is 12.3 Å². The number of hydrogen-bond donors (Lipinski definition) is 0. The standard InChI is InChI=1S/C16H18N2O2/c19-16(12-13-4-1-2-5-13)18-10-9-14(17-18)7-8-15-6-3-11-20-15/h3,6-11,13H,1-2,4-5,12H2/b8-7+. The smallest absolute Gasteiger partial charge is 0.247 e. The second-order valence-corrected chi connectivity index (χ2v) is 5.28. The summed E-state index contributed by atoms with van der Waals surface area (Å²) in [6, 6.07) is 5.55. The van der Waals surface area contributed by atoms with Crippen LogP contribution < -0.4 is 0 Å². The summed E-state index contributed by atoms with van der Waals surface area (Å²) in [5, 5.41) is 4.29. The fraction of sp³-hybridized carbons (Fsp3) is 0.375. The van der Waals surface area contributed by atoms with Crippen LogP contribution in [0.15, 0.2) is 35.1 Å². The maximum atomic E-state index is 12.1. The SMILES string of the molecule is O=C(CC1CCCC1)n1ccc(/C=C/c2ccco2)n1. The lowest BCUT2D eigenvalue weighted by Gasteiger charge is -2.06. The first-order valence-electron chi connectivity index (χ1n) is 7.12. The van der Waals surface area contributed by atoms with Gasteiger partial charge in [-0.25, -0.2) is 4.68 Å². The first-order valence-corrected chi connectivity index (χ1v) is 7.12. The molecular formula is C16H18N2O2. The topological polar surface area (TPSA) is 48.0 Å². The van der Waals surface area contributed by atoms with Crippen LogP contribution in [-0.2, 0) is 0 Å². The Bertz CT molecular complexity index is 590. The third kappa shape index (κ3) is 3.07. The Morgan fingerprint density at radius 1 is 1.35 bits per heavy atom. The molecule has 4 nitrogen and oxygen atoms in total. The van der Waals surface area contributed by atoms with Crippen molar-refractivity contribution in [1.82, 2.24) is 9.78 Å². The molecule has 0 aliphatic heterocycles. The zero-order valence-electron chi connectivity index (χ0n) is 11.4. The van der Waals surface area contributed by atoms with Crippen LogP contribution in [0.2, 0.25) is 0 Å². The van der Waals surface area contributed by atoms with Crippen molar-refractivity contribution in [3.8, 4) is 0 Å². The van der Waals surface area contributed by atoms with Gasteiger partial charge in [0, 0.05) is 12.6 Å². The van der Waals surface area contributed by atoms with E-state index in [-0.39, 0.29) is 5.91 Å². The van der Waals surface area contributed by atoms with Gasteiger partial charge in [0.25, 0.3) is 0 Å². The van der Waals surface area contributed by atoms with Crippen molar-refractivity contribution in [2.75, 3.05) is 0 Å². The van der Waals surface area contributed by atoms with Gasteiger partial charge in [-0.15, -0.1) is 0 Å². The van der Waals surface area contributed by atoms with E-state index in [1.165, 1.54) is 30.4 Å². The van der Waals surface area contributed by atoms with Crippen molar-refractivity contribution in [2.24, 2.45) is 5.92 Å². The first-order chi connectivity index (χ1) is 9.81. The zero-order chi connectivity index (χ0) is 13.8. The van der Waals surface area contributed by atoms with E-state index in [1.807, 2.05) is 30.4 Å². The molecule has 20 heavy (non-hydrogen) atoms. The molecule has 3 rings (SSSR count). The average Bonchev–Trinajstić information content (AvgIpc) is 3.19. The predicted molar refractivity (Wildman–Crippen MR) is 77.1 cm³/mol. The Balaban J connectivity index is 1.62. The number of carbonyl (C=O) groups is 1. The molecule has 4 heteroatoms. The second kappa shape index (κ2) is 5.90. The monoisotopic (exact) mass is 270 g/mol. The minimum absolute atomic E-state index is 0.0922. The van der Waals surface area contributed by atoms with Gasteiger partial charge >= 0.3 is 0 Å². The van der Waals surface area contributed by atoms with Crippen molar-refractivity contribution < 1.29 is 9.21 Å². The number of aromatic nitrogens is 2. The average molecular weight is 270 g/mol. The highest BCUT2D eigenvalue weighted by Gasteiger charge is 2.19. The summed E-state index contributed by atoms with van der Waals surface area (Å²) in [6.07, 6.45) is 12.5.